The molecule has 168 valence electrons. The molecule has 2 aromatic carbocycles. The minimum absolute atomic E-state index is 0.142. The van der Waals surface area contributed by atoms with Gasteiger partial charge in [-0.2, -0.15) is 4.98 Å². The van der Waals surface area contributed by atoms with Crippen LogP contribution in [0.15, 0.2) is 46.3 Å². The third-order valence-electron chi connectivity index (χ3n) is 5.05. The molecule has 8 nitrogen and oxygen atoms in total. The molecule has 0 aliphatic carbocycles. The van der Waals surface area contributed by atoms with Gasteiger partial charge in [0, 0.05) is 29.3 Å². The van der Waals surface area contributed by atoms with Gasteiger partial charge < -0.3 is 19.3 Å². The largest absolute Gasteiger partial charge is 0.486 e. The van der Waals surface area contributed by atoms with E-state index < -0.39 is 0 Å². The summed E-state index contributed by atoms with van der Waals surface area (Å²) in [7, 11) is 0. The molecule has 5 rings (SSSR count). The number of amides is 1. The number of benzene rings is 2. The molecule has 0 saturated heterocycles. The Kier molecular flexibility index (Phi) is 5.74. The van der Waals surface area contributed by atoms with Crippen LogP contribution in [-0.2, 0) is 11.2 Å². The zero-order chi connectivity index (χ0) is 22.8. The zero-order valence-corrected chi connectivity index (χ0v) is 18.4. The molecule has 2 aromatic heterocycles. The lowest BCUT2D eigenvalue weighted by atomic mass is 10.1. The minimum atomic E-state index is -0.336. The Labute approximate surface area is 192 Å². The third-order valence-corrected chi connectivity index (χ3v) is 5.81. The monoisotopic (exact) mass is 466 g/mol. The summed E-state index contributed by atoms with van der Waals surface area (Å²) < 4.78 is 30.1. The number of hydrogen-bond donors (Lipinski definition) is 1. The summed E-state index contributed by atoms with van der Waals surface area (Å²) in [6, 6.07) is 10.4. The van der Waals surface area contributed by atoms with Crippen molar-refractivity contribution in [1.82, 2.24) is 15.1 Å². The van der Waals surface area contributed by atoms with Crippen LogP contribution in [0.25, 0.3) is 22.6 Å². The van der Waals surface area contributed by atoms with E-state index >= 15 is 0 Å². The average Bonchev–Trinajstić information content (AvgIpc) is 3.49. The highest BCUT2D eigenvalue weighted by molar-refractivity contribution is 7.14. The van der Waals surface area contributed by atoms with Crippen molar-refractivity contribution in [2.45, 2.75) is 19.8 Å². The molecular weight excluding hydrogens is 447 g/mol. The van der Waals surface area contributed by atoms with E-state index in [1.54, 1.807) is 19.1 Å². The van der Waals surface area contributed by atoms with E-state index in [1.807, 2.05) is 23.6 Å². The fourth-order valence-electron chi connectivity index (χ4n) is 3.27. The van der Waals surface area contributed by atoms with E-state index in [9.17, 15) is 9.18 Å². The van der Waals surface area contributed by atoms with Crippen LogP contribution in [0.2, 0.25) is 0 Å². The minimum Gasteiger partial charge on any atom is -0.486 e. The van der Waals surface area contributed by atoms with Crippen LogP contribution in [0.3, 0.4) is 0 Å². The van der Waals surface area contributed by atoms with Crippen molar-refractivity contribution in [1.29, 1.82) is 0 Å². The summed E-state index contributed by atoms with van der Waals surface area (Å²) >= 11 is 1.33. The van der Waals surface area contributed by atoms with Gasteiger partial charge in [0.05, 0.1) is 5.69 Å². The fourth-order valence-corrected chi connectivity index (χ4v) is 4.01. The summed E-state index contributed by atoms with van der Waals surface area (Å²) in [5.41, 5.74) is 2.67. The number of anilines is 1. The van der Waals surface area contributed by atoms with Gasteiger partial charge in [-0.1, -0.05) is 17.3 Å². The van der Waals surface area contributed by atoms with Crippen molar-refractivity contribution < 1.29 is 23.2 Å². The van der Waals surface area contributed by atoms with E-state index in [2.05, 4.69) is 20.4 Å². The quantitative estimate of drug-likeness (QED) is 0.442. The molecule has 10 heteroatoms. The molecule has 1 N–H and O–H groups in total. The van der Waals surface area contributed by atoms with Crippen LogP contribution in [0, 0.1) is 12.7 Å². The lowest BCUT2D eigenvalue weighted by Crippen LogP contribution is -2.15. The highest BCUT2D eigenvalue weighted by atomic mass is 32.1. The van der Waals surface area contributed by atoms with Gasteiger partial charge in [-0.15, -0.1) is 11.3 Å². The highest BCUT2D eigenvalue weighted by Crippen LogP contribution is 2.35. The molecule has 0 spiro atoms. The number of halogens is 1. The molecule has 33 heavy (non-hydrogen) atoms. The summed E-state index contributed by atoms with van der Waals surface area (Å²) in [5, 5.41) is 9.02. The van der Waals surface area contributed by atoms with Gasteiger partial charge in [-0.3, -0.25) is 4.79 Å². The molecule has 3 heterocycles. The zero-order valence-electron chi connectivity index (χ0n) is 17.6. The average molecular weight is 466 g/mol. The molecular formula is C23H19FN4O4S. The molecule has 0 saturated carbocycles. The number of aromatic nitrogens is 3. The number of ether oxygens (including phenoxy) is 2. The Bertz CT molecular complexity index is 1320. The molecule has 0 radical (unpaired) electrons. The molecule has 1 aliphatic rings. The Morgan fingerprint density at radius 3 is 2.76 bits per heavy atom. The van der Waals surface area contributed by atoms with Crippen molar-refractivity contribution in [3.05, 3.63) is 59.0 Å². The molecule has 1 aliphatic heterocycles. The molecule has 0 atom stereocenters. The second-order valence-corrected chi connectivity index (χ2v) is 8.28. The van der Waals surface area contributed by atoms with E-state index in [4.69, 9.17) is 14.0 Å². The van der Waals surface area contributed by atoms with Crippen LogP contribution in [-0.4, -0.2) is 34.2 Å². The van der Waals surface area contributed by atoms with Gasteiger partial charge in [0.25, 0.3) is 0 Å². The Morgan fingerprint density at radius 1 is 1.09 bits per heavy atom. The fraction of sp³-hybridized carbons (Fsp3) is 0.217. The highest BCUT2D eigenvalue weighted by Gasteiger charge is 2.16. The Hall–Kier alpha value is -3.79. The van der Waals surface area contributed by atoms with Crippen LogP contribution in [0.5, 0.6) is 11.5 Å². The smallest absolute Gasteiger partial charge is 0.227 e. The van der Waals surface area contributed by atoms with E-state index in [1.165, 1.54) is 17.4 Å². The first kappa shape index (κ1) is 21.1. The number of carbonyl (C=O) groups excluding carboxylic acids is 1. The van der Waals surface area contributed by atoms with Crippen LogP contribution >= 0.6 is 11.3 Å². The SMILES string of the molecule is Cc1ccc(-c2noc(CCC(=O)Nc3nc(-c4ccc5c(c4)OCCO5)cs3)n2)cc1F. The normalized spacial score (nSPS) is 12.5. The summed E-state index contributed by atoms with van der Waals surface area (Å²) in [5.74, 6) is 1.43. The topological polar surface area (TPSA) is 99.4 Å². The van der Waals surface area contributed by atoms with Crippen molar-refractivity contribution in [3.8, 4) is 34.1 Å². The lowest BCUT2D eigenvalue weighted by Gasteiger charge is -2.18. The maximum absolute atomic E-state index is 13.8. The third kappa shape index (κ3) is 4.70. The molecule has 0 fully saturated rings. The first-order valence-corrected chi connectivity index (χ1v) is 11.2. The number of rotatable bonds is 6. The van der Waals surface area contributed by atoms with Gasteiger partial charge in [-0.25, -0.2) is 9.37 Å². The van der Waals surface area contributed by atoms with E-state index in [0.717, 1.165) is 11.3 Å². The standard InChI is InChI=1S/C23H19FN4O4S/c1-13-2-3-15(10-16(13)24)22-27-21(32-28-22)7-6-20(29)26-23-25-17(12-33-23)14-4-5-18-19(11-14)31-9-8-30-18/h2-5,10-12H,6-9H2,1H3,(H,25,26,29). The Balaban J connectivity index is 1.18. The van der Waals surface area contributed by atoms with Gasteiger partial charge in [0.15, 0.2) is 16.6 Å². The number of thiazole rings is 1. The number of nitrogens with one attached hydrogen (secondary N) is 1. The second kappa shape index (κ2) is 8.99. The number of nitrogens with zero attached hydrogens (tertiary/aromatic N) is 3. The molecule has 0 unspecified atom stereocenters. The maximum Gasteiger partial charge on any atom is 0.227 e. The van der Waals surface area contributed by atoms with Crippen LogP contribution in [0.1, 0.15) is 17.9 Å². The van der Waals surface area contributed by atoms with Crippen molar-refractivity contribution in [3.63, 3.8) is 0 Å². The van der Waals surface area contributed by atoms with E-state index in [-0.39, 0.29) is 30.4 Å². The lowest BCUT2D eigenvalue weighted by molar-refractivity contribution is -0.116. The first-order chi connectivity index (χ1) is 16.0. The molecule has 1 amide bonds. The molecule has 4 aromatic rings. The second-order valence-electron chi connectivity index (χ2n) is 7.42. The van der Waals surface area contributed by atoms with Crippen LogP contribution < -0.4 is 14.8 Å². The first-order valence-electron chi connectivity index (χ1n) is 10.3. The Morgan fingerprint density at radius 2 is 1.91 bits per heavy atom. The van der Waals surface area contributed by atoms with Crippen molar-refractivity contribution in [2.24, 2.45) is 0 Å². The van der Waals surface area contributed by atoms with E-state index in [0.29, 0.717) is 46.9 Å². The van der Waals surface area contributed by atoms with Gasteiger partial charge >= 0.3 is 0 Å². The van der Waals surface area contributed by atoms with Gasteiger partial charge in [0.1, 0.15) is 19.0 Å². The van der Waals surface area contributed by atoms with Crippen molar-refractivity contribution >= 4 is 22.4 Å². The van der Waals surface area contributed by atoms with Gasteiger partial charge in [0.2, 0.25) is 17.6 Å². The van der Waals surface area contributed by atoms with Crippen molar-refractivity contribution in [2.75, 3.05) is 18.5 Å². The maximum atomic E-state index is 13.8. The number of carbonyl (C=O) groups is 1. The summed E-state index contributed by atoms with van der Waals surface area (Å²) in [6.07, 6.45) is 0.399. The molecule has 0 bridgehead atoms. The number of aryl methyl sites for hydroxylation is 2. The number of fused-ring (bicyclic) bond motifs is 1. The summed E-state index contributed by atoms with van der Waals surface area (Å²) in [6.45, 7) is 2.73. The van der Waals surface area contributed by atoms with Crippen LogP contribution in [0.4, 0.5) is 9.52 Å². The van der Waals surface area contributed by atoms with Gasteiger partial charge in [-0.05, 0) is 36.8 Å². The predicted octanol–water partition coefficient (Wildman–Crippen LogP) is 4.65. The number of hydrogen-bond acceptors (Lipinski definition) is 8. The summed E-state index contributed by atoms with van der Waals surface area (Å²) in [4.78, 5) is 21.1. The predicted molar refractivity (Wildman–Crippen MR) is 120 cm³/mol.